The van der Waals surface area contributed by atoms with Gasteiger partial charge in [0, 0.05) is 17.7 Å². The number of hydrogen-bond acceptors (Lipinski definition) is 6. The summed E-state index contributed by atoms with van der Waals surface area (Å²) >= 11 is 0. The molecule has 152 valence electrons. The highest BCUT2D eigenvalue weighted by Gasteiger charge is 2.26. The molecule has 0 fully saturated rings. The fraction of sp³-hybridized carbons (Fsp3) is 0.0909. The van der Waals surface area contributed by atoms with Crippen molar-refractivity contribution < 1.29 is 23.7 Å². The molecule has 3 aromatic rings. The number of nitro benzene ring substituents is 1. The highest BCUT2D eigenvalue weighted by molar-refractivity contribution is 5.98. The van der Waals surface area contributed by atoms with Crippen LogP contribution in [-0.2, 0) is 14.3 Å². The van der Waals surface area contributed by atoms with Crippen LogP contribution >= 0.6 is 0 Å². The summed E-state index contributed by atoms with van der Waals surface area (Å²) in [5, 5.41) is 13.8. The first-order valence-electron chi connectivity index (χ1n) is 8.97. The average molecular weight is 406 g/mol. The Morgan fingerprint density at radius 1 is 1.13 bits per heavy atom. The van der Waals surface area contributed by atoms with E-state index in [9.17, 15) is 19.7 Å². The third-order valence-electron chi connectivity index (χ3n) is 4.11. The molecule has 0 aliphatic carbocycles. The van der Waals surface area contributed by atoms with Crippen LogP contribution in [-0.4, -0.2) is 16.8 Å². The third kappa shape index (κ3) is 5.20. The molecule has 0 saturated heterocycles. The van der Waals surface area contributed by atoms with Crippen molar-refractivity contribution in [1.82, 2.24) is 0 Å². The molecule has 0 spiro atoms. The van der Waals surface area contributed by atoms with E-state index in [1.165, 1.54) is 24.5 Å². The summed E-state index contributed by atoms with van der Waals surface area (Å²) in [6, 6.07) is 16.1. The predicted molar refractivity (Wildman–Crippen MR) is 109 cm³/mol. The van der Waals surface area contributed by atoms with Gasteiger partial charge in [-0.05, 0) is 36.8 Å². The Labute approximate surface area is 171 Å². The van der Waals surface area contributed by atoms with Crippen molar-refractivity contribution in [2.24, 2.45) is 0 Å². The van der Waals surface area contributed by atoms with Gasteiger partial charge in [0.1, 0.15) is 11.4 Å². The number of furan rings is 1. The van der Waals surface area contributed by atoms with Gasteiger partial charge < -0.3 is 14.5 Å². The zero-order valence-corrected chi connectivity index (χ0v) is 16.0. The lowest BCUT2D eigenvalue weighted by Gasteiger charge is -2.17. The van der Waals surface area contributed by atoms with Crippen LogP contribution in [0.1, 0.15) is 23.0 Å². The Morgan fingerprint density at radius 2 is 1.90 bits per heavy atom. The van der Waals surface area contributed by atoms with Crippen molar-refractivity contribution in [1.29, 1.82) is 0 Å². The maximum atomic E-state index is 12.9. The summed E-state index contributed by atoms with van der Waals surface area (Å²) in [7, 11) is 0. The summed E-state index contributed by atoms with van der Waals surface area (Å²) in [6.45, 7) is 1.71. The summed E-state index contributed by atoms with van der Waals surface area (Å²) in [5.74, 6) is -1.04. The number of amides is 1. The van der Waals surface area contributed by atoms with Crippen LogP contribution in [0.5, 0.6) is 0 Å². The minimum atomic E-state index is -1.30. The summed E-state index contributed by atoms with van der Waals surface area (Å²) in [4.78, 5) is 35.9. The monoisotopic (exact) mass is 406 g/mol. The number of esters is 1. The molecule has 0 radical (unpaired) electrons. The second-order valence-electron chi connectivity index (χ2n) is 6.34. The van der Waals surface area contributed by atoms with Crippen molar-refractivity contribution in [2.45, 2.75) is 13.0 Å². The van der Waals surface area contributed by atoms with E-state index < -0.39 is 22.9 Å². The van der Waals surface area contributed by atoms with Gasteiger partial charge in [0.2, 0.25) is 6.10 Å². The number of hydrogen-bond donors (Lipinski definition) is 1. The smallest absolute Gasteiger partial charge is 0.332 e. The van der Waals surface area contributed by atoms with Crippen LogP contribution in [0.25, 0.3) is 6.08 Å². The summed E-state index contributed by atoms with van der Waals surface area (Å²) in [5.41, 5.74) is 0.858. The predicted octanol–water partition coefficient (Wildman–Crippen LogP) is 4.43. The minimum absolute atomic E-state index is 0.0127. The average Bonchev–Trinajstić information content (AvgIpc) is 3.26. The van der Waals surface area contributed by atoms with Gasteiger partial charge in [-0.25, -0.2) is 4.79 Å². The molecular weight excluding hydrogens is 388 g/mol. The van der Waals surface area contributed by atoms with E-state index in [-0.39, 0.29) is 11.4 Å². The van der Waals surface area contributed by atoms with E-state index in [0.29, 0.717) is 16.9 Å². The van der Waals surface area contributed by atoms with E-state index in [4.69, 9.17) is 9.15 Å². The molecule has 8 nitrogen and oxygen atoms in total. The molecular formula is C22H18N2O6. The molecule has 2 aromatic carbocycles. The van der Waals surface area contributed by atoms with Gasteiger partial charge in [-0.2, -0.15) is 0 Å². The van der Waals surface area contributed by atoms with Crippen LogP contribution in [0.15, 0.2) is 77.4 Å². The first kappa shape index (κ1) is 20.5. The van der Waals surface area contributed by atoms with Gasteiger partial charge in [-0.15, -0.1) is 0 Å². The van der Waals surface area contributed by atoms with Crippen LogP contribution in [0.4, 0.5) is 11.4 Å². The molecule has 1 N–H and O–H groups in total. The number of nitro groups is 1. The normalized spacial score (nSPS) is 11.8. The third-order valence-corrected chi connectivity index (χ3v) is 4.11. The Hall–Kier alpha value is -4.20. The van der Waals surface area contributed by atoms with Crippen molar-refractivity contribution in [3.63, 3.8) is 0 Å². The number of carbonyl (C=O) groups is 2. The summed E-state index contributed by atoms with van der Waals surface area (Å²) in [6.07, 6.45) is 2.70. The number of benzene rings is 2. The Morgan fingerprint density at radius 3 is 2.57 bits per heavy atom. The van der Waals surface area contributed by atoms with Gasteiger partial charge in [-0.3, -0.25) is 14.9 Å². The van der Waals surface area contributed by atoms with E-state index in [0.717, 1.165) is 6.08 Å². The maximum absolute atomic E-state index is 12.9. The lowest BCUT2D eigenvalue weighted by Crippen LogP contribution is -2.25. The molecule has 30 heavy (non-hydrogen) atoms. The van der Waals surface area contributed by atoms with Gasteiger partial charge in [0.05, 0.1) is 11.2 Å². The number of anilines is 1. The molecule has 3 rings (SSSR count). The van der Waals surface area contributed by atoms with Crippen molar-refractivity contribution in [3.05, 3.63) is 100 Å². The van der Waals surface area contributed by atoms with E-state index in [1.54, 1.807) is 55.5 Å². The fourth-order valence-electron chi connectivity index (χ4n) is 2.69. The maximum Gasteiger partial charge on any atom is 0.332 e. The van der Waals surface area contributed by atoms with Crippen LogP contribution in [0.3, 0.4) is 0 Å². The van der Waals surface area contributed by atoms with Crippen LogP contribution in [0.2, 0.25) is 0 Å². The van der Waals surface area contributed by atoms with E-state index >= 15 is 0 Å². The molecule has 0 saturated carbocycles. The van der Waals surface area contributed by atoms with Gasteiger partial charge in [0.25, 0.3) is 11.6 Å². The topological polar surface area (TPSA) is 112 Å². The summed E-state index contributed by atoms with van der Waals surface area (Å²) < 4.78 is 10.5. The van der Waals surface area contributed by atoms with E-state index in [2.05, 4.69) is 5.32 Å². The lowest BCUT2D eigenvalue weighted by atomic mass is 10.1. The van der Waals surface area contributed by atoms with Crippen molar-refractivity contribution >= 4 is 29.3 Å². The van der Waals surface area contributed by atoms with Gasteiger partial charge >= 0.3 is 5.97 Å². The molecule has 1 unspecified atom stereocenters. The number of nitrogens with one attached hydrogen (secondary N) is 1. The standard InChI is InChI=1S/C22H18N2O6/c1-15-9-11-18(19(14-15)24(27)28)23-22(26)21(16-6-3-2-4-7-16)30-20(25)12-10-17-8-5-13-29-17/h2-14,21H,1H3,(H,23,26)/b12-10+. The quantitative estimate of drug-likeness (QED) is 0.269. The minimum Gasteiger partial charge on any atom is -0.465 e. The van der Waals surface area contributed by atoms with Gasteiger partial charge in [-0.1, -0.05) is 36.4 Å². The second kappa shape index (κ2) is 9.33. The highest BCUT2D eigenvalue weighted by atomic mass is 16.6. The molecule has 1 aromatic heterocycles. The number of ether oxygens (including phenoxy) is 1. The Bertz CT molecular complexity index is 1070. The highest BCUT2D eigenvalue weighted by Crippen LogP contribution is 2.27. The van der Waals surface area contributed by atoms with Crippen LogP contribution in [0, 0.1) is 17.0 Å². The molecule has 0 aliphatic rings. The molecule has 0 bridgehead atoms. The Balaban J connectivity index is 1.83. The molecule has 1 heterocycles. The second-order valence-corrected chi connectivity index (χ2v) is 6.34. The van der Waals surface area contributed by atoms with Crippen molar-refractivity contribution in [3.8, 4) is 0 Å². The zero-order valence-electron chi connectivity index (χ0n) is 16.0. The number of nitrogens with zero attached hydrogens (tertiary/aromatic N) is 1. The number of carbonyl (C=O) groups excluding carboxylic acids is 2. The SMILES string of the molecule is Cc1ccc(NC(=O)C(OC(=O)/C=C/c2ccco2)c2ccccc2)c([N+](=O)[O-])c1. The lowest BCUT2D eigenvalue weighted by molar-refractivity contribution is -0.384. The Kier molecular flexibility index (Phi) is 6.39. The first-order valence-corrected chi connectivity index (χ1v) is 8.97. The number of rotatable bonds is 7. The molecule has 0 aliphatic heterocycles. The van der Waals surface area contributed by atoms with Crippen molar-refractivity contribution in [2.75, 3.05) is 5.32 Å². The van der Waals surface area contributed by atoms with Crippen LogP contribution < -0.4 is 5.32 Å². The van der Waals surface area contributed by atoms with Gasteiger partial charge in [0.15, 0.2) is 0 Å². The largest absolute Gasteiger partial charge is 0.465 e. The zero-order chi connectivity index (χ0) is 21.5. The first-order chi connectivity index (χ1) is 14.4. The van der Waals surface area contributed by atoms with E-state index in [1.807, 2.05) is 0 Å². The molecule has 1 atom stereocenters. The molecule has 1 amide bonds. The fourth-order valence-corrected chi connectivity index (χ4v) is 2.69. The molecule has 8 heteroatoms. The number of aryl methyl sites for hydroxylation is 1.